The quantitative estimate of drug-likeness (QED) is 0.676. The zero-order valence-corrected chi connectivity index (χ0v) is 16.1. The van der Waals surface area contributed by atoms with Crippen LogP contribution < -0.4 is 25.3 Å². The zero-order chi connectivity index (χ0) is 20.1. The van der Waals surface area contributed by atoms with Gasteiger partial charge in [-0.2, -0.15) is 0 Å². The van der Waals surface area contributed by atoms with Crippen molar-refractivity contribution in [3.8, 4) is 23.0 Å². The van der Waals surface area contributed by atoms with Crippen molar-refractivity contribution in [2.45, 2.75) is 38.0 Å². The van der Waals surface area contributed by atoms with Gasteiger partial charge in [-0.05, 0) is 49.6 Å². The summed E-state index contributed by atoms with van der Waals surface area (Å²) in [6.45, 7) is 0.242. The lowest BCUT2D eigenvalue weighted by Gasteiger charge is -2.17. The van der Waals surface area contributed by atoms with E-state index >= 15 is 0 Å². The van der Waals surface area contributed by atoms with Crippen molar-refractivity contribution in [3.63, 3.8) is 0 Å². The minimum Gasteiger partial charge on any atom is -0.496 e. The van der Waals surface area contributed by atoms with Gasteiger partial charge in [0.2, 0.25) is 0 Å². The molecule has 0 aromatic heterocycles. The Balaban J connectivity index is 1.85. The van der Waals surface area contributed by atoms with Crippen molar-refractivity contribution in [2.24, 2.45) is 5.73 Å². The van der Waals surface area contributed by atoms with Crippen LogP contribution in [-0.2, 0) is 6.54 Å². The second kappa shape index (κ2) is 8.95. The molecule has 1 saturated carbocycles. The molecular weight excluding hydrogens is 360 g/mol. The Hall–Kier alpha value is -2.77. The monoisotopic (exact) mass is 386 g/mol. The molecule has 1 amide bonds. The number of aliphatic hydroxyl groups is 1. The average molecular weight is 386 g/mol. The lowest BCUT2D eigenvalue weighted by atomic mass is 10.1. The first-order chi connectivity index (χ1) is 13.5. The number of amides is 1. The second-order valence-corrected chi connectivity index (χ2v) is 6.75. The maximum Gasteiger partial charge on any atom is 0.251 e. The van der Waals surface area contributed by atoms with E-state index in [4.69, 9.17) is 19.9 Å². The summed E-state index contributed by atoms with van der Waals surface area (Å²) in [4.78, 5) is 12.6. The third-order valence-electron chi connectivity index (χ3n) is 4.90. The number of methoxy groups -OCH3 is 2. The van der Waals surface area contributed by atoms with Crippen LogP contribution in [0.15, 0.2) is 36.4 Å². The Morgan fingerprint density at radius 2 is 1.86 bits per heavy atom. The van der Waals surface area contributed by atoms with E-state index in [2.05, 4.69) is 5.32 Å². The summed E-state index contributed by atoms with van der Waals surface area (Å²) >= 11 is 0. The number of aliphatic hydroxyl groups excluding tert-OH is 1. The molecule has 0 radical (unpaired) electrons. The van der Waals surface area contributed by atoms with Gasteiger partial charge in [0.05, 0.1) is 25.9 Å². The van der Waals surface area contributed by atoms with E-state index in [9.17, 15) is 9.90 Å². The molecule has 3 rings (SSSR count). The number of nitrogens with two attached hydrogens (primary N) is 1. The number of nitrogens with one attached hydrogen (secondary N) is 1. The van der Waals surface area contributed by atoms with E-state index in [0.717, 1.165) is 12.0 Å². The Bertz CT molecular complexity index is 840. The van der Waals surface area contributed by atoms with Crippen LogP contribution >= 0.6 is 0 Å². The van der Waals surface area contributed by atoms with Gasteiger partial charge in [-0.1, -0.05) is 6.07 Å². The molecule has 7 heteroatoms. The van der Waals surface area contributed by atoms with Crippen molar-refractivity contribution in [1.29, 1.82) is 0 Å². The standard InChI is InChI=1S/C21H26N2O5/c1-26-17-4-3-5-18(16(17)12-22)28-20-10-13(6-9-19(20)27-2)21(25)23-14-7-8-15(24)11-14/h3-6,9-10,14-15,24H,7-8,11-12,22H2,1-2H3,(H,23,25)/t14-,15+/m1/s1. The zero-order valence-electron chi connectivity index (χ0n) is 16.1. The third-order valence-corrected chi connectivity index (χ3v) is 4.90. The molecule has 0 unspecified atom stereocenters. The number of rotatable bonds is 7. The highest BCUT2D eigenvalue weighted by Gasteiger charge is 2.25. The minimum atomic E-state index is -0.345. The second-order valence-electron chi connectivity index (χ2n) is 6.75. The smallest absolute Gasteiger partial charge is 0.251 e. The van der Waals surface area contributed by atoms with Gasteiger partial charge in [-0.25, -0.2) is 0 Å². The van der Waals surface area contributed by atoms with Crippen LogP contribution in [-0.4, -0.2) is 37.4 Å². The fourth-order valence-electron chi connectivity index (χ4n) is 3.41. The highest BCUT2D eigenvalue weighted by atomic mass is 16.5. The Morgan fingerprint density at radius 3 is 2.50 bits per heavy atom. The van der Waals surface area contributed by atoms with Crippen molar-refractivity contribution in [3.05, 3.63) is 47.5 Å². The highest BCUT2D eigenvalue weighted by molar-refractivity contribution is 5.95. The molecule has 1 fully saturated rings. The molecule has 4 N–H and O–H groups in total. The molecule has 0 bridgehead atoms. The van der Waals surface area contributed by atoms with Crippen molar-refractivity contribution in [1.82, 2.24) is 5.32 Å². The first-order valence-electron chi connectivity index (χ1n) is 9.26. The normalized spacial score (nSPS) is 18.6. The van der Waals surface area contributed by atoms with Crippen molar-refractivity contribution >= 4 is 5.91 Å². The Labute approximate surface area is 164 Å². The van der Waals surface area contributed by atoms with Gasteiger partial charge in [0.1, 0.15) is 11.5 Å². The van der Waals surface area contributed by atoms with Crippen LogP contribution in [0.1, 0.15) is 35.2 Å². The van der Waals surface area contributed by atoms with E-state index in [1.54, 1.807) is 31.4 Å². The van der Waals surface area contributed by atoms with Gasteiger partial charge >= 0.3 is 0 Å². The summed E-state index contributed by atoms with van der Waals surface area (Å²) in [7, 11) is 3.11. The molecule has 0 saturated heterocycles. The summed E-state index contributed by atoms with van der Waals surface area (Å²) < 4.78 is 16.8. The number of hydrogen-bond acceptors (Lipinski definition) is 6. The molecule has 0 aliphatic heterocycles. The summed E-state index contributed by atoms with van der Waals surface area (Å²) in [5.41, 5.74) is 7.03. The largest absolute Gasteiger partial charge is 0.496 e. The van der Waals surface area contributed by atoms with Gasteiger partial charge in [0.15, 0.2) is 11.5 Å². The maximum atomic E-state index is 12.6. The topological polar surface area (TPSA) is 103 Å². The van der Waals surface area contributed by atoms with Gasteiger partial charge in [0.25, 0.3) is 5.91 Å². The predicted molar refractivity (Wildman–Crippen MR) is 105 cm³/mol. The Kier molecular flexibility index (Phi) is 6.38. The lowest BCUT2D eigenvalue weighted by Crippen LogP contribution is -2.33. The van der Waals surface area contributed by atoms with Crippen LogP contribution in [0.2, 0.25) is 0 Å². The van der Waals surface area contributed by atoms with E-state index in [0.29, 0.717) is 41.4 Å². The SMILES string of the molecule is COc1ccc(C(=O)N[C@@H]2CC[C@H](O)C2)cc1Oc1cccc(OC)c1CN. The van der Waals surface area contributed by atoms with Gasteiger partial charge in [-0.3, -0.25) is 4.79 Å². The highest BCUT2D eigenvalue weighted by Crippen LogP contribution is 2.36. The summed E-state index contributed by atoms with van der Waals surface area (Å²) in [6.07, 6.45) is 1.72. The van der Waals surface area contributed by atoms with Crippen molar-refractivity contribution < 1.29 is 24.1 Å². The maximum absolute atomic E-state index is 12.6. The molecule has 1 aliphatic carbocycles. The predicted octanol–water partition coefficient (Wildman–Crippen LogP) is 2.60. The third kappa shape index (κ3) is 4.37. The number of benzene rings is 2. The molecule has 0 spiro atoms. The van der Waals surface area contributed by atoms with E-state index in [1.807, 2.05) is 12.1 Å². The van der Waals surface area contributed by atoms with Crippen LogP contribution in [0.3, 0.4) is 0 Å². The molecular formula is C21H26N2O5. The van der Waals surface area contributed by atoms with E-state index in [-0.39, 0.29) is 24.6 Å². The lowest BCUT2D eigenvalue weighted by molar-refractivity contribution is 0.0933. The van der Waals surface area contributed by atoms with Gasteiger partial charge < -0.3 is 30.4 Å². The molecule has 2 atom stereocenters. The summed E-state index contributed by atoms with van der Waals surface area (Å²) in [5.74, 6) is 1.86. The molecule has 0 heterocycles. The van der Waals surface area contributed by atoms with Gasteiger partial charge in [-0.15, -0.1) is 0 Å². The molecule has 2 aromatic rings. The average Bonchev–Trinajstić information content (AvgIpc) is 3.12. The van der Waals surface area contributed by atoms with Crippen LogP contribution in [0, 0.1) is 0 Å². The number of ether oxygens (including phenoxy) is 3. The Morgan fingerprint density at radius 1 is 1.11 bits per heavy atom. The van der Waals surface area contributed by atoms with Gasteiger partial charge in [0, 0.05) is 18.2 Å². The van der Waals surface area contributed by atoms with E-state index in [1.165, 1.54) is 7.11 Å². The molecule has 2 aromatic carbocycles. The van der Waals surface area contributed by atoms with Crippen LogP contribution in [0.25, 0.3) is 0 Å². The molecule has 7 nitrogen and oxygen atoms in total. The van der Waals surface area contributed by atoms with Crippen LogP contribution in [0.4, 0.5) is 0 Å². The first kappa shape index (κ1) is 20.0. The first-order valence-corrected chi connectivity index (χ1v) is 9.26. The molecule has 150 valence electrons. The molecule has 28 heavy (non-hydrogen) atoms. The number of carbonyl (C=O) groups is 1. The number of hydrogen-bond donors (Lipinski definition) is 3. The molecule has 1 aliphatic rings. The van der Waals surface area contributed by atoms with Crippen LogP contribution in [0.5, 0.6) is 23.0 Å². The minimum absolute atomic E-state index is 0.0174. The number of carbonyl (C=O) groups excluding carboxylic acids is 1. The van der Waals surface area contributed by atoms with E-state index < -0.39 is 0 Å². The fraction of sp³-hybridized carbons (Fsp3) is 0.381. The fourth-order valence-corrected chi connectivity index (χ4v) is 3.41. The summed E-state index contributed by atoms with van der Waals surface area (Å²) in [5, 5.41) is 12.6. The van der Waals surface area contributed by atoms with Crippen molar-refractivity contribution in [2.75, 3.05) is 14.2 Å². The summed E-state index contributed by atoms with van der Waals surface area (Å²) in [6, 6.07) is 10.4.